The Balaban J connectivity index is 2.89. The van der Waals surface area contributed by atoms with E-state index in [1.54, 1.807) is 7.11 Å². The fraction of sp³-hybridized carbons (Fsp3) is 0.571. The smallest absolute Gasteiger partial charge is 0.122 e. The Morgan fingerprint density at radius 2 is 2.00 bits per heavy atom. The molecule has 0 N–H and O–H groups in total. The summed E-state index contributed by atoms with van der Waals surface area (Å²) < 4.78 is 5.38. The molecule has 0 saturated heterocycles. The molecule has 0 saturated carbocycles. The Hall–Kier alpha value is -0.690. The molecule has 1 aromatic rings. The number of rotatable bonds is 5. The second-order valence-electron chi connectivity index (χ2n) is 4.68. The third-order valence-electron chi connectivity index (χ3n) is 3.06. The van der Waals surface area contributed by atoms with Crippen LogP contribution in [0.1, 0.15) is 25.0 Å². The van der Waals surface area contributed by atoms with E-state index in [1.165, 1.54) is 11.1 Å². The monoisotopic (exact) mass is 240 g/mol. The molecule has 0 aliphatic carbocycles. The van der Waals surface area contributed by atoms with Gasteiger partial charge in [-0.25, -0.2) is 0 Å². The van der Waals surface area contributed by atoms with Crippen molar-refractivity contribution in [1.29, 1.82) is 0 Å². The lowest BCUT2D eigenvalue weighted by Crippen LogP contribution is -2.14. The van der Waals surface area contributed by atoms with Crippen molar-refractivity contribution in [2.45, 2.75) is 27.2 Å². The molecular weight excluding hydrogens is 220 g/mol. The highest BCUT2D eigenvalue weighted by atomic mass is 35.5. The van der Waals surface area contributed by atoms with Crippen LogP contribution in [0.5, 0.6) is 5.75 Å². The molecule has 1 aromatic carbocycles. The van der Waals surface area contributed by atoms with Crippen LogP contribution in [-0.4, -0.2) is 13.0 Å². The maximum Gasteiger partial charge on any atom is 0.122 e. The van der Waals surface area contributed by atoms with Gasteiger partial charge in [0.25, 0.3) is 0 Å². The average Bonchev–Trinajstić information content (AvgIpc) is 2.25. The Bertz CT molecular complexity index is 334. The summed E-state index contributed by atoms with van der Waals surface area (Å²) in [5, 5.41) is 0. The number of aryl methyl sites for hydroxylation is 1. The third-order valence-corrected chi connectivity index (χ3v) is 3.46. The lowest BCUT2D eigenvalue weighted by molar-refractivity contribution is 0.388. The maximum atomic E-state index is 6.01. The fourth-order valence-corrected chi connectivity index (χ4v) is 2.28. The van der Waals surface area contributed by atoms with Crippen LogP contribution in [-0.2, 0) is 6.42 Å². The van der Waals surface area contributed by atoms with Gasteiger partial charge in [0.2, 0.25) is 0 Å². The zero-order valence-corrected chi connectivity index (χ0v) is 11.3. The van der Waals surface area contributed by atoms with Crippen LogP contribution in [0.3, 0.4) is 0 Å². The van der Waals surface area contributed by atoms with Gasteiger partial charge in [-0.15, -0.1) is 11.6 Å². The molecule has 1 unspecified atom stereocenters. The zero-order chi connectivity index (χ0) is 12.1. The standard InChI is InChI=1S/C14H21ClO/c1-10(2)13(9-15)8-12-7-11(3)5-6-14(12)16-4/h5-7,10,13H,8-9H2,1-4H3. The summed E-state index contributed by atoms with van der Waals surface area (Å²) >= 11 is 6.01. The van der Waals surface area contributed by atoms with Gasteiger partial charge in [-0.2, -0.15) is 0 Å². The van der Waals surface area contributed by atoms with Gasteiger partial charge in [-0.05, 0) is 36.8 Å². The summed E-state index contributed by atoms with van der Waals surface area (Å²) in [4.78, 5) is 0. The second kappa shape index (κ2) is 6.15. The molecule has 0 spiro atoms. The summed E-state index contributed by atoms with van der Waals surface area (Å²) in [6.45, 7) is 6.54. The van der Waals surface area contributed by atoms with Crippen LogP contribution >= 0.6 is 11.6 Å². The minimum Gasteiger partial charge on any atom is -0.496 e. The first-order valence-corrected chi connectivity index (χ1v) is 6.31. The van der Waals surface area contributed by atoms with Gasteiger partial charge in [-0.3, -0.25) is 0 Å². The highest BCUT2D eigenvalue weighted by Gasteiger charge is 2.15. The molecule has 0 bridgehead atoms. The number of alkyl halides is 1. The van der Waals surface area contributed by atoms with E-state index in [0.717, 1.165) is 12.2 Å². The largest absolute Gasteiger partial charge is 0.496 e. The molecule has 90 valence electrons. The Labute approximate surface area is 104 Å². The summed E-state index contributed by atoms with van der Waals surface area (Å²) in [7, 11) is 1.72. The molecule has 1 atom stereocenters. The van der Waals surface area contributed by atoms with E-state index in [4.69, 9.17) is 16.3 Å². The fourth-order valence-electron chi connectivity index (χ4n) is 1.82. The van der Waals surface area contributed by atoms with Gasteiger partial charge in [0, 0.05) is 5.88 Å². The van der Waals surface area contributed by atoms with Crippen LogP contribution in [0.2, 0.25) is 0 Å². The molecule has 0 aliphatic rings. The first-order chi connectivity index (χ1) is 7.58. The molecule has 1 nitrogen and oxygen atoms in total. The Morgan fingerprint density at radius 1 is 1.31 bits per heavy atom. The van der Waals surface area contributed by atoms with Crippen molar-refractivity contribution in [2.24, 2.45) is 11.8 Å². The highest BCUT2D eigenvalue weighted by Crippen LogP contribution is 2.26. The molecule has 0 heterocycles. The molecule has 0 aliphatic heterocycles. The summed E-state index contributed by atoms with van der Waals surface area (Å²) in [5.74, 6) is 2.79. The predicted molar refractivity (Wildman–Crippen MR) is 70.5 cm³/mol. The van der Waals surface area contributed by atoms with Crippen molar-refractivity contribution >= 4 is 11.6 Å². The van der Waals surface area contributed by atoms with E-state index < -0.39 is 0 Å². The van der Waals surface area contributed by atoms with Gasteiger partial charge in [-0.1, -0.05) is 31.5 Å². The number of hydrogen-bond donors (Lipinski definition) is 0. The molecule has 1 rings (SSSR count). The van der Waals surface area contributed by atoms with Gasteiger partial charge in [0.05, 0.1) is 7.11 Å². The molecule has 0 aromatic heterocycles. The minimum atomic E-state index is 0.511. The molecule has 0 radical (unpaired) electrons. The van der Waals surface area contributed by atoms with Gasteiger partial charge >= 0.3 is 0 Å². The number of hydrogen-bond acceptors (Lipinski definition) is 1. The van der Waals surface area contributed by atoms with Crippen LogP contribution < -0.4 is 4.74 Å². The second-order valence-corrected chi connectivity index (χ2v) is 4.99. The van der Waals surface area contributed by atoms with Gasteiger partial charge < -0.3 is 4.74 Å². The first-order valence-electron chi connectivity index (χ1n) is 5.78. The molecular formula is C14H21ClO. The van der Waals surface area contributed by atoms with Crippen molar-refractivity contribution in [3.8, 4) is 5.75 Å². The van der Waals surface area contributed by atoms with E-state index in [-0.39, 0.29) is 0 Å². The van der Waals surface area contributed by atoms with E-state index in [2.05, 4.69) is 32.9 Å². The van der Waals surface area contributed by atoms with E-state index >= 15 is 0 Å². The van der Waals surface area contributed by atoms with Crippen LogP contribution in [0.15, 0.2) is 18.2 Å². The van der Waals surface area contributed by atoms with Crippen LogP contribution in [0, 0.1) is 18.8 Å². The Kier molecular flexibility index (Phi) is 5.14. The number of ether oxygens (including phenoxy) is 1. The maximum absolute atomic E-state index is 6.01. The molecule has 2 heteroatoms. The number of methoxy groups -OCH3 is 1. The quantitative estimate of drug-likeness (QED) is 0.706. The van der Waals surface area contributed by atoms with E-state index in [9.17, 15) is 0 Å². The van der Waals surface area contributed by atoms with Gasteiger partial charge in [0.1, 0.15) is 5.75 Å². The molecule has 16 heavy (non-hydrogen) atoms. The minimum absolute atomic E-state index is 0.511. The SMILES string of the molecule is COc1ccc(C)cc1CC(CCl)C(C)C. The normalized spacial score (nSPS) is 12.9. The van der Waals surface area contributed by atoms with Gasteiger partial charge in [0.15, 0.2) is 0 Å². The van der Waals surface area contributed by atoms with Crippen molar-refractivity contribution < 1.29 is 4.74 Å². The van der Waals surface area contributed by atoms with Crippen molar-refractivity contribution in [3.05, 3.63) is 29.3 Å². The van der Waals surface area contributed by atoms with E-state index in [0.29, 0.717) is 17.7 Å². The first kappa shape index (κ1) is 13.4. The highest BCUT2D eigenvalue weighted by molar-refractivity contribution is 6.18. The Morgan fingerprint density at radius 3 is 2.50 bits per heavy atom. The average molecular weight is 241 g/mol. The lowest BCUT2D eigenvalue weighted by atomic mass is 9.90. The van der Waals surface area contributed by atoms with Crippen molar-refractivity contribution in [3.63, 3.8) is 0 Å². The predicted octanol–water partition coefficient (Wildman–Crippen LogP) is 4.06. The zero-order valence-electron chi connectivity index (χ0n) is 10.6. The summed E-state index contributed by atoms with van der Waals surface area (Å²) in [6, 6.07) is 6.31. The molecule has 0 fully saturated rings. The third kappa shape index (κ3) is 3.41. The van der Waals surface area contributed by atoms with Crippen LogP contribution in [0.4, 0.5) is 0 Å². The molecule has 0 amide bonds. The summed E-state index contributed by atoms with van der Waals surface area (Å²) in [6.07, 6.45) is 0.992. The number of benzene rings is 1. The van der Waals surface area contributed by atoms with Crippen LogP contribution in [0.25, 0.3) is 0 Å². The topological polar surface area (TPSA) is 9.23 Å². The summed E-state index contributed by atoms with van der Waals surface area (Å²) in [5.41, 5.74) is 2.54. The number of halogens is 1. The van der Waals surface area contributed by atoms with E-state index in [1.807, 2.05) is 6.07 Å². The lowest BCUT2D eigenvalue weighted by Gasteiger charge is -2.19. The van der Waals surface area contributed by atoms with Crippen molar-refractivity contribution in [1.82, 2.24) is 0 Å². The van der Waals surface area contributed by atoms with Crippen molar-refractivity contribution in [2.75, 3.05) is 13.0 Å².